The van der Waals surface area contributed by atoms with Crippen LogP contribution in [0.5, 0.6) is 0 Å². The fourth-order valence-electron chi connectivity index (χ4n) is 2.18. The van der Waals surface area contributed by atoms with Crippen molar-refractivity contribution in [3.05, 3.63) is 29.8 Å². The van der Waals surface area contributed by atoms with Gasteiger partial charge in [-0.05, 0) is 24.6 Å². The highest BCUT2D eigenvalue weighted by atomic mass is 32.2. The topological polar surface area (TPSA) is 58.6 Å². The lowest BCUT2D eigenvalue weighted by atomic mass is 10.1. The number of morpholine rings is 1. The fourth-order valence-corrected chi connectivity index (χ4v) is 2.96. The lowest BCUT2D eigenvalue weighted by Crippen LogP contribution is -2.36. The molecule has 0 radical (unpaired) electrons. The summed E-state index contributed by atoms with van der Waals surface area (Å²) in [6, 6.07) is 7.78. The molecule has 106 valence electrons. The van der Waals surface area contributed by atoms with E-state index in [1.54, 1.807) is 0 Å². The second kappa shape index (κ2) is 5.90. The van der Waals surface area contributed by atoms with Gasteiger partial charge in [-0.1, -0.05) is 12.1 Å². The molecule has 1 atom stereocenters. The first kappa shape index (κ1) is 14.3. The molecule has 1 saturated heterocycles. The van der Waals surface area contributed by atoms with Crippen molar-refractivity contribution in [1.29, 1.82) is 0 Å². The first-order chi connectivity index (χ1) is 8.96. The normalized spacial score (nSPS) is 18.3. The van der Waals surface area contributed by atoms with Gasteiger partial charge in [-0.3, -0.25) is 0 Å². The van der Waals surface area contributed by atoms with Gasteiger partial charge in [0.1, 0.15) is 0 Å². The molecule has 1 heterocycles. The molecule has 0 unspecified atom stereocenters. The Morgan fingerprint density at radius 2 is 1.79 bits per heavy atom. The zero-order chi connectivity index (χ0) is 13.9. The number of nitrogens with one attached hydrogen (secondary N) is 1. The number of hydrogen-bond donors (Lipinski definition) is 1. The molecule has 0 aromatic heterocycles. The first-order valence-electron chi connectivity index (χ1n) is 6.36. The van der Waals surface area contributed by atoms with Crippen molar-refractivity contribution in [2.24, 2.45) is 0 Å². The van der Waals surface area contributed by atoms with E-state index in [0.717, 1.165) is 37.6 Å². The van der Waals surface area contributed by atoms with Crippen molar-refractivity contribution in [3.8, 4) is 0 Å². The minimum Gasteiger partial charge on any atom is -0.378 e. The van der Waals surface area contributed by atoms with Crippen LogP contribution in [0.1, 0.15) is 18.5 Å². The van der Waals surface area contributed by atoms with Gasteiger partial charge in [-0.15, -0.1) is 0 Å². The summed E-state index contributed by atoms with van der Waals surface area (Å²) in [6.45, 7) is 5.15. The van der Waals surface area contributed by atoms with Crippen molar-refractivity contribution < 1.29 is 13.2 Å². The summed E-state index contributed by atoms with van der Waals surface area (Å²) >= 11 is 0. The van der Waals surface area contributed by atoms with Crippen LogP contribution in [0.25, 0.3) is 0 Å². The number of sulfonamides is 1. The van der Waals surface area contributed by atoms with Crippen molar-refractivity contribution in [2.75, 3.05) is 37.5 Å². The molecule has 19 heavy (non-hydrogen) atoms. The monoisotopic (exact) mass is 284 g/mol. The van der Waals surface area contributed by atoms with E-state index < -0.39 is 10.0 Å². The van der Waals surface area contributed by atoms with E-state index in [2.05, 4.69) is 9.62 Å². The van der Waals surface area contributed by atoms with Crippen LogP contribution in [0.3, 0.4) is 0 Å². The Labute approximate surface area is 114 Å². The van der Waals surface area contributed by atoms with Gasteiger partial charge in [-0.2, -0.15) is 0 Å². The molecule has 1 aliphatic rings. The highest BCUT2D eigenvalue weighted by molar-refractivity contribution is 7.88. The predicted molar refractivity (Wildman–Crippen MR) is 75.9 cm³/mol. The Morgan fingerprint density at radius 1 is 1.21 bits per heavy atom. The van der Waals surface area contributed by atoms with Gasteiger partial charge in [-0.25, -0.2) is 13.1 Å². The summed E-state index contributed by atoms with van der Waals surface area (Å²) in [5.74, 6) is 0. The third-order valence-corrected chi connectivity index (χ3v) is 3.94. The zero-order valence-corrected chi connectivity index (χ0v) is 12.1. The van der Waals surface area contributed by atoms with Crippen LogP contribution in [0.15, 0.2) is 24.3 Å². The predicted octanol–water partition coefficient (Wildman–Crippen LogP) is 1.13. The van der Waals surface area contributed by atoms with Gasteiger partial charge in [0.2, 0.25) is 10.0 Å². The molecular formula is C13H20N2O3S. The van der Waals surface area contributed by atoms with E-state index >= 15 is 0 Å². The second-order valence-electron chi connectivity index (χ2n) is 4.80. The maximum Gasteiger partial charge on any atom is 0.209 e. The molecule has 5 nitrogen and oxygen atoms in total. The summed E-state index contributed by atoms with van der Waals surface area (Å²) < 4.78 is 30.3. The van der Waals surface area contributed by atoms with E-state index in [1.165, 1.54) is 6.26 Å². The average molecular weight is 284 g/mol. The molecule has 0 bridgehead atoms. The van der Waals surface area contributed by atoms with E-state index in [1.807, 2.05) is 31.2 Å². The van der Waals surface area contributed by atoms with Gasteiger partial charge in [0.05, 0.1) is 19.5 Å². The average Bonchev–Trinajstić information content (AvgIpc) is 2.38. The summed E-state index contributed by atoms with van der Waals surface area (Å²) in [5, 5.41) is 0. The van der Waals surface area contributed by atoms with Crippen molar-refractivity contribution in [2.45, 2.75) is 13.0 Å². The summed E-state index contributed by atoms with van der Waals surface area (Å²) in [4.78, 5) is 2.27. The Kier molecular flexibility index (Phi) is 4.44. The second-order valence-corrected chi connectivity index (χ2v) is 6.58. The summed E-state index contributed by atoms with van der Waals surface area (Å²) in [7, 11) is -3.18. The molecular weight excluding hydrogens is 264 g/mol. The molecule has 0 amide bonds. The number of ether oxygens (including phenoxy) is 1. The lowest BCUT2D eigenvalue weighted by Gasteiger charge is -2.29. The van der Waals surface area contributed by atoms with Crippen molar-refractivity contribution in [3.63, 3.8) is 0 Å². The van der Waals surface area contributed by atoms with Gasteiger partial charge in [0.25, 0.3) is 0 Å². The van der Waals surface area contributed by atoms with E-state index in [9.17, 15) is 8.42 Å². The van der Waals surface area contributed by atoms with Crippen LogP contribution in [0.4, 0.5) is 5.69 Å². The molecule has 1 N–H and O–H groups in total. The number of nitrogens with zero attached hydrogens (tertiary/aromatic N) is 1. The maximum atomic E-state index is 11.2. The Balaban J connectivity index is 2.05. The first-order valence-corrected chi connectivity index (χ1v) is 8.25. The molecule has 0 spiro atoms. The molecule has 1 fully saturated rings. The third-order valence-electron chi connectivity index (χ3n) is 3.16. The van der Waals surface area contributed by atoms with Crippen LogP contribution in [-0.4, -0.2) is 41.0 Å². The molecule has 1 aliphatic heterocycles. The van der Waals surface area contributed by atoms with Crippen LogP contribution in [-0.2, 0) is 14.8 Å². The minimum atomic E-state index is -3.18. The quantitative estimate of drug-likeness (QED) is 0.900. The lowest BCUT2D eigenvalue weighted by molar-refractivity contribution is 0.122. The van der Waals surface area contributed by atoms with Gasteiger partial charge >= 0.3 is 0 Å². The Hall–Kier alpha value is -1.11. The fraction of sp³-hybridized carbons (Fsp3) is 0.538. The third kappa shape index (κ3) is 4.19. The van der Waals surface area contributed by atoms with Crippen LogP contribution >= 0.6 is 0 Å². The van der Waals surface area contributed by atoms with Crippen molar-refractivity contribution in [1.82, 2.24) is 4.72 Å². The Morgan fingerprint density at radius 3 is 2.32 bits per heavy atom. The molecule has 0 aliphatic carbocycles. The molecule has 2 rings (SSSR count). The smallest absolute Gasteiger partial charge is 0.209 e. The van der Waals surface area contributed by atoms with Crippen LogP contribution in [0, 0.1) is 0 Å². The molecule has 1 aromatic rings. The van der Waals surface area contributed by atoms with E-state index in [-0.39, 0.29) is 6.04 Å². The number of rotatable bonds is 4. The van der Waals surface area contributed by atoms with Gasteiger partial charge in [0.15, 0.2) is 0 Å². The summed E-state index contributed by atoms with van der Waals surface area (Å²) in [6.07, 6.45) is 1.17. The highest BCUT2D eigenvalue weighted by Gasteiger charge is 2.13. The highest BCUT2D eigenvalue weighted by Crippen LogP contribution is 2.20. The molecule has 0 saturated carbocycles. The van der Waals surface area contributed by atoms with Crippen LogP contribution in [0.2, 0.25) is 0 Å². The number of anilines is 1. The van der Waals surface area contributed by atoms with Gasteiger partial charge < -0.3 is 9.64 Å². The van der Waals surface area contributed by atoms with Crippen LogP contribution < -0.4 is 9.62 Å². The standard InChI is InChI=1S/C13H20N2O3S/c1-11(14-19(2,16)17)12-3-5-13(6-4-12)15-7-9-18-10-8-15/h3-6,11,14H,7-10H2,1-2H3/t11-/m1/s1. The SMILES string of the molecule is C[C@@H](NS(C)(=O)=O)c1ccc(N2CCOCC2)cc1. The van der Waals surface area contributed by atoms with E-state index in [4.69, 9.17) is 4.74 Å². The van der Waals surface area contributed by atoms with Gasteiger partial charge in [0, 0.05) is 24.8 Å². The van der Waals surface area contributed by atoms with Crippen molar-refractivity contribution >= 4 is 15.7 Å². The molecule has 1 aromatic carbocycles. The largest absolute Gasteiger partial charge is 0.378 e. The van der Waals surface area contributed by atoms with E-state index in [0.29, 0.717) is 0 Å². The maximum absolute atomic E-state index is 11.2. The molecule has 6 heteroatoms. The zero-order valence-electron chi connectivity index (χ0n) is 11.3. The number of benzene rings is 1. The Bertz CT molecular complexity index is 507. The minimum absolute atomic E-state index is 0.214. The number of hydrogen-bond acceptors (Lipinski definition) is 4. The summed E-state index contributed by atoms with van der Waals surface area (Å²) in [5.41, 5.74) is 2.11.